The van der Waals surface area contributed by atoms with Gasteiger partial charge in [0.05, 0.1) is 12.6 Å². The van der Waals surface area contributed by atoms with Gasteiger partial charge in [0.25, 0.3) is 0 Å². The van der Waals surface area contributed by atoms with Crippen LogP contribution < -0.4 is 0 Å². The van der Waals surface area contributed by atoms with Crippen molar-refractivity contribution in [2.75, 3.05) is 13.6 Å². The topological polar surface area (TPSA) is 59.0 Å². The van der Waals surface area contributed by atoms with Crippen molar-refractivity contribution in [2.45, 2.75) is 71.5 Å². The van der Waals surface area contributed by atoms with Gasteiger partial charge in [0.1, 0.15) is 5.60 Å². The maximum atomic E-state index is 12.2. The Hall–Kier alpha value is 0.190. The second-order valence-corrected chi connectivity index (χ2v) is 12.7. The Morgan fingerprint density at radius 3 is 2.50 bits per heavy atom. The molecule has 1 aliphatic rings. The maximum absolute atomic E-state index is 12.2. The van der Waals surface area contributed by atoms with E-state index in [1.807, 2.05) is 20.8 Å². The highest BCUT2D eigenvalue weighted by Crippen LogP contribution is 2.51. The molecule has 4 unspecified atom stereocenters. The van der Waals surface area contributed by atoms with Gasteiger partial charge in [-0.1, -0.05) is 44.9 Å². The van der Waals surface area contributed by atoms with Crippen LogP contribution in [0, 0.1) is 11.8 Å². The molecule has 1 fully saturated rings. The lowest BCUT2D eigenvalue weighted by Crippen LogP contribution is -2.43. The van der Waals surface area contributed by atoms with Crippen molar-refractivity contribution in [3.05, 3.63) is 0 Å². The van der Waals surface area contributed by atoms with Crippen LogP contribution in [0.3, 0.4) is 0 Å². The van der Waals surface area contributed by atoms with Crippen LogP contribution >= 0.6 is 17.9 Å². The highest BCUT2D eigenvalue weighted by Gasteiger charge is 2.35. The molecule has 0 bridgehead atoms. The van der Waals surface area contributed by atoms with Gasteiger partial charge in [0, 0.05) is 7.05 Å². The smallest absolute Gasteiger partial charge is 0.410 e. The van der Waals surface area contributed by atoms with Gasteiger partial charge in [-0.25, -0.2) is 4.79 Å². The van der Waals surface area contributed by atoms with Gasteiger partial charge in [-0.05, 0) is 50.8 Å². The third-order valence-corrected chi connectivity index (χ3v) is 5.49. The Balaban J connectivity index is 2.85. The highest BCUT2D eigenvalue weighted by molar-refractivity contribution is 8.59. The molecule has 1 saturated carbocycles. The predicted molar refractivity (Wildman–Crippen MR) is 105 cm³/mol. The number of rotatable bonds is 6. The van der Waals surface area contributed by atoms with Gasteiger partial charge in [0.15, 0.2) is 0 Å². The molecule has 1 rings (SSSR count). The van der Waals surface area contributed by atoms with E-state index in [0.717, 1.165) is 25.7 Å². The first-order valence-corrected chi connectivity index (χ1v) is 12.4. The molecule has 4 atom stereocenters. The summed E-state index contributed by atoms with van der Waals surface area (Å²) in [5.74, 6) is 0.793. The molecule has 0 radical (unpaired) electrons. The third kappa shape index (κ3) is 8.05. The fraction of sp³-hybridized carbons (Fsp3) is 0.938. The van der Waals surface area contributed by atoms with E-state index < -0.39 is 17.4 Å². The average molecular weight is 398 g/mol. The molecule has 0 aromatic carbocycles. The highest BCUT2D eigenvalue weighted by atomic mass is 32.9. The zero-order valence-corrected chi connectivity index (χ0v) is 18.0. The first kappa shape index (κ1) is 22.2. The quantitative estimate of drug-likeness (QED) is 0.507. The number of nitrogens with zero attached hydrogens (tertiary/aromatic N) is 1. The Morgan fingerprint density at radius 2 is 2.00 bits per heavy atom. The van der Waals surface area contributed by atoms with E-state index in [-0.39, 0.29) is 12.0 Å². The van der Waals surface area contributed by atoms with Crippen LogP contribution in [-0.4, -0.2) is 41.2 Å². The van der Waals surface area contributed by atoms with E-state index in [2.05, 4.69) is 19.2 Å². The zero-order chi connectivity index (χ0) is 18.5. The van der Waals surface area contributed by atoms with E-state index >= 15 is 0 Å². The lowest BCUT2D eigenvalue weighted by molar-refractivity contribution is 0.00836. The Morgan fingerprint density at radius 1 is 1.42 bits per heavy atom. The Bertz CT molecular complexity index is 463. The largest absolute Gasteiger partial charge is 0.444 e. The standard InChI is InChI=1S/C16H32NO4PS2/c1-6-12-9-7-8-10-13(12)14(21-22(19,23)24)11-17(5)15(18)20-16(2,3)4/h12-14H,6-11H2,1-5H3,(H2,19,23,24). The first-order chi connectivity index (χ1) is 10.9. The summed E-state index contributed by atoms with van der Waals surface area (Å²) < 4.78 is 11.2. The van der Waals surface area contributed by atoms with Crippen molar-refractivity contribution in [3.63, 3.8) is 0 Å². The van der Waals surface area contributed by atoms with Gasteiger partial charge in [0.2, 0.25) is 5.69 Å². The van der Waals surface area contributed by atoms with E-state index in [1.165, 1.54) is 11.3 Å². The molecule has 0 spiro atoms. The molecule has 8 heteroatoms. The van der Waals surface area contributed by atoms with E-state index in [9.17, 15) is 9.69 Å². The third-order valence-electron chi connectivity index (χ3n) is 4.40. The van der Waals surface area contributed by atoms with Crippen LogP contribution in [-0.2, 0) is 21.1 Å². The van der Waals surface area contributed by atoms with Gasteiger partial charge < -0.3 is 19.1 Å². The van der Waals surface area contributed by atoms with Gasteiger partial charge >= 0.3 is 6.09 Å². The summed E-state index contributed by atoms with van der Waals surface area (Å²) in [6.45, 7) is 8.02. The molecular weight excluding hydrogens is 365 g/mol. The van der Waals surface area contributed by atoms with E-state index in [0.29, 0.717) is 12.5 Å². The number of ether oxygens (including phenoxy) is 1. The summed E-state index contributed by atoms with van der Waals surface area (Å²) in [5, 5.41) is 0. The van der Waals surface area contributed by atoms with Gasteiger partial charge in [-0.3, -0.25) is 0 Å². The summed E-state index contributed by atoms with van der Waals surface area (Å²) in [4.78, 5) is 23.7. The van der Waals surface area contributed by atoms with Crippen LogP contribution in [0.2, 0.25) is 0 Å². The van der Waals surface area contributed by atoms with Gasteiger partial charge in [-0.2, -0.15) is 0 Å². The molecule has 1 aliphatic carbocycles. The molecule has 0 aromatic rings. The molecule has 0 aliphatic heterocycles. The van der Waals surface area contributed by atoms with Crippen molar-refractivity contribution in [3.8, 4) is 0 Å². The zero-order valence-electron chi connectivity index (χ0n) is 15.4. The van der Waals surface area contributed by atoms with Crippen LogP contribution in [0.4, 0.5) is 4.79 Å². The van der Waals surface area contributed by atoms with Crippen molar-refractivity contribution in [1.82, 2.24) is 4.90 Å². The van der Waals surface area contributed by atoms with Crippen molar-refractivity contribution in [1.29, 1.82) is 0 Å². The maximum Gasteiger partial charge on any atom is 0.410 e. The fourth-order valence-electron chi connectivity index (χ4n) is 3.34. The molecule has 24 heavy (non-hydrogen) atoms. The lowest BCUT2D eigenvalue weighted by atomic mass is 9.75. The minimum atomic E-state index is -3.10. The van der Waals surface area contributed by atoms with Crippen molar-refractivity contribution < 1.29 is 18.9 Å². The SMILES string of the molecule is CCC1CCCCC1C(CN(C)C(=O)OC(C)(C)C)OP(O)(=S)S. The molecular formula is C16H32NO4PS2. The molecule has 1 N–H and O–H groups in total. The molecule has 0 heterocycles. The molecule has 142 valence electrons. The minimum absolute atomic E-state index is 0.273. The number of carbonyl (C=O) groups is 1. The van der Waals surface area contributed by atoms with Gasteiger partial charge in [-0.15, -0.1) is 0 Å². The monoisotopic (exact) mass is 397 g/mol. The van der Waals surface area contributed by atoms with E-state index in [4.69, 9.17) is 21.1 Å². The number of amides is 1. The number of thiol groups is 1. The van der Waals surface area contributed by atoms with Crippen molar-refractivity contribution >= 4 is 35.8 Å². The van der Waals surface area contributed by atoms with Crippen LogP contribution in [0.15, 0.2) is 0 Å². The molecule has 0 aromatic heterocycles. The minimum Gasteiger partial charge on any atom is -0.444 e. The van der Waals surface area contributed by atoms with Crippen LogP contribution in [0.5, 0.6) is 0 Å². The summed E-state index contributed by atoms with van der Waals surface area (Å²) in [7, 11) is 1.69. The lowest BCUT2D eigenvalue weighted by Gasteiger charge is -2.39. The predicted octanol–water partition coefficient (Wildman–Crippen LogP) is 4.60. The number of carbonyl (C=O) groups excluding carboxylic acids is 1. The van der Waals surface area contributed by atoms with Crippen LogP contribution in [0.1, 0.15) is 59.8 Å². The second-order valence-electron chi connectivity index (χ2n) is 7.61. The van der Waals surface area contributed by atoms with E-state index in [1.54, 1.807) is 7.05 Å². The second kappa shape index (κ2) is 9.22. The summed E-state index contributed by atoms with van der Waals surface area (Å²) >= 11 is 9.03. The molecule has 0 saturated heterocycles. The summed E-state index contributed by atoms with van der Waals surface area (Å²) in [5.41, 5.74) is -3.65. The normalized spacial score (nSPS) is 25.6. The Labute approximate surface area is 156 Å². The number of hydrogen-bond acceptors (Lipinski definition) is 4. The average Bonchev–Trinajstić information content (AvgIpc) is 2.43. The summed E-state index contributed by atoms with van der Waals surface area (Å²) in [6.07, 6.45) is 4.87. The molecule has 1 amide bonds. The van der Waals surface area contributed by atoms with Crippen LogP contribution in [0.25, 0.3) is 0 Å². The molecule has 5 nitrogen and oxygen atoms in total. The number of hydrogen-bond donors (Lipinski definition) is 2. The summed E-state index contributed by atoms with van der Waals surface area (Å²) in [6, 6.07) is 0. The number of likely N-dealkylation sites (N-methyl/N-ethyl adjacent to an activating group) is 1. The first-order valence-electron chi connectivity index (χ1n) is 8.61. The fourth-order valence-corrected chi connectivity index (χ4v) is 4.61. The van der Waals surface area contributed by atoms with Crippen molar-refractivity contribution in [2.24, 2.45) is 11.8 Å². The Kier molecular flexibility index (Phi) is 8.54.